The van der Waals surface area contributed by atoms with Crippen molar-refractivity contribution in [3.05, 3.63) is 57.5 Å². The Balaban J connectivity index is 1.59. The van der Waals surface area contributed by atoms with Gasteiger partial charge in [-0.25, -0.2) is 4.98 Å². The summed E-state index contributed by atoms with van der Waals surface area (Å²) in [6.45, 7) is 4.80. The van der Waals surface area contributed by atoms with E-state index in [0.717, 1.165) is 29.5 Å². The van der Waals surface area contributed by atoms with Gasteiger partial charge in [-0.05, 0) is 30.4 Å². The van der Waals surface area contributed by atoms with Gasteiger partial charge in [-0.1, -0.05) is 54.5 Å². The van der Waals surface area contributed by atoms with Crippen molar-refractivity contribution in [2.24, 2.45) is 0 Å². The summed E-state index contributed by atoms with van der Waals surface area (Å²) in [6, 6.07) is 9.83. The molecule has 144 valence electrons. The number of benzene rings is 1. The largest absolute Gasteiger partial charge is 0.338 e. The van der Waals surface area contributed by atoms with Crippen molar-refractivity contribution in [2.75, 3.05) is 0 Å². The Morgan fingerprint density at radius 3 is 2.89 bits per heavy atom. The van der Waals surface area contributed by atoms with E-state index < -0.39 is 0 Å². The van der Waals surface area contributed by atoms with Gasteiger partial charge in [0, 0.05) is 12.1 Å². The molecule has 3 aromatic heterocycles. The van der Waals surface area contributed by atoms with Crippen LogP contribution in [0.4, 0.5) is 0 Å². The second-order valence-electron chi connectivity index (χ2n) is 6.46. The van der Waals surface area contributed by atoms with Gasteiger partial charge in [0.05, 0.1) is 11.3 Å². The number of rotatable bonds is 7. The molecule has 6 nitrogen and oxygen atoms in total. The third-order valence-electron chi connectivity index (χ3n) is 4.44. The summed E-state index contributed by atoms with van der Waals surface area (Å²) in [4.78, 5) is 22.0. The maximum absolute atomic E-state index is 12.8. The first-order valence-corrected chi connectivity index (χ1v) is 11.0. The van der Waals surface area contributed by atoms with Crippen LogP contribution < -0.4 is 5.56 Å². The lowest BCUT2D eigenvalue weighted by molar-refractivity contribution is 0.391. The Kier molecular flexibility index (Phi) is 5.59. The standard InChI is InChI=1S/C20H20N4O2S2/c1-3-4-10-24-19(25)17-15(9-11-27-17)21-20(24)28-12-16-22-18(23-26-16)14-8-6-5-7-13(14)2/h5-9,11H,3-4,10,12H2,1-2H3. The molecule has 0 bridgehead atoms. The SMILES string of the molecule is CCCCn1c(SCc2nc(-c3ccccc3C)no2)nc2ccsc2c1=O. The van der Waals surface area contributed by atoms with Gasteiger partial charge in [0.15, 0.2) is 5.16 Å². The van der Waals surface area contributed by atoms with Gasteiger partial charge in [-0.2, -0.15) is 4.98 Å². The third kappa shape index (κ3) is 3.74. The first kappa shape index (κ1) is 18.9. The van der Waals surface area contributed by atoms with E-state index in [1.807, 2.05) is 42.6 Å². The van der Waals surface area contributed by atoms with Crippen molar-refractivity contribution < 1.29 is 4.52 Å². The zero-order chi connectivity index (χ0) is 19.5. The molecule has 0 N–H and O–H groups in total. The number of aromatic nitrogens is 4. The lowest BCUT2D eigenvalue weighted by Crippen LogP contribution is -2.22. The Morgan fingerprint density at radius 1 is 1.21 bits per heavy atom. The molecule has 0 aliphatic heterocycles. The zero-order valence-corrected chi connectivity index (χ0v) is 17.3. The van der Waals surface area contributed by atoms with Crippen LogP contribution in [-0.2, 0) is 12.3 Å². The van der Waals surface area contributed by atoms with Gasteiger partial charge in [-0.3, -0.25) is 9.36 Å². The fraction of sp³-hybridized carbons (Fsp3) is 0.300. The molecule has 28 heavy (non-hydrogen) atoms. The highest BCUT2D eigenvalue weighted by atomic mass is 32.2. The average Bonchev–Trinajstić information content (AvgIpc) is 3.36. The monoisotopic (exact) mass is 412 g/mol. The van der Waals surface area contributed by atoms with E-state index >= 15 is 0 Å². The fourth-order valence-corrected chi connectivity index (χ4v) is 4.56. The quantitative estimate of drug-likeness (QED) is 0.317. The fourth-order valence-electron chi connectivity index (χ4n) is 2.92. The highest BCUT2D eigenvalue weighted by Gasteiger charge is 2.15. The predicted octanol–water partition coefficient (Wildman–Crippen LogP) is 4.91. The summed E-state index contributed by atoms with van der Waals surface area (Å²) >= 11 is 2.90. The predicted molar refractivity (Wildman–Crippen MR) is 113 cm³/mol. The smallest absolute Gasteiger partial charge is 0.272 e. The van der Waals surface area contributed by atoms with Gasteiger partial charge >= 0.3 is 0 Å². The lowest BCUT2D eigenvalue weighted by atomic mass is 10.1. The summed E-state index contributed by atoms with van der Waals surface area (Å²) in [5.41, 5.74) is 2.83. The van der Waals surface area contributed by atoms with Crippen LogP contribution >= 0.6 is 23.1 Å². The number of thioether (sulfide) groups is 1. The molecule has 3 heterocycles. The molecule has 0 saturated heterocycles. The molecule has 8 heteroatoms. The number of aryl methyl sites for hydroxylation is 1. The minimum absolute atomic E-state index is 0.0297. The second-order valence-corrected chi connectivity index (χ2v) is 8.31. The zero-order valence-electron chi connectivity index (χ0n) is 15.7. The van der Waals surface area contributed by atoms with E-state index in [0.29, 0.717) is 33.9 Å². The van der Waals surface area contributed by atoms with Crippen LogP contribution in [0.15, 0.2) is 50.2 Å². The Hall–Kier alpha value is -2.45. The summed E-state index contributed by atoms with van der Waals surface area (Å²) < 4.78 is 7.90. The second kappa shape index (κ2) is 8.28. The van der Waals surface area contributed by atoms with Crippen LogP contribution in [0.3, 0.4) is 0 Å². The van der Waals surface area contributed by atoms with Crippen molar-refractivity contribution in [3.63, 3.8) is 0 Å². The molecule has 4 rings (SSSR count). The van der Waals surface area contributed by atoms with Gasteiger partial charge in [-0.15, -0.1) is 11.3 Å². The molecule has 0 atom stereocenters. The van der Waals surface area contributed by atoms with Crippen LogP contribution in [0.2, 0.25) is 0 Å². The van der Waals surface area contributed by atoms with E-state index in [1.165, 1.54) is 23.1 Å². The van der Waals surface area contributed by atoms with Crippen molar-refractivity contribution in [1.82, 2.24) is 19.7 Å². The molecule has 0 fully saturated rings. The Morgan fingerprint density at radius 2 is 2.07 bits per heavy atom. The van der Waals surface area contributed by atoms with E-state index in [9.17, 15) is 4.79 Å². The summed E-state index contributed by atoms with van der Waals surface area (Å²) in [5, 5.41) is 6.71. The van der Waals surface area contributed by atoms with Crippen LogP contribution in [0.1, 0.15) is 31.2 Å². The van der Waals surface area contributed by atoms with Crippen molar-refractivity contribution >= 4 is 33.3 Å². The molecule has 1 aromatic carbocycles. The number of hydrogen-bond acceptors (Lipinski definition) is 7. The lowest BCUT2D eigenvalue weighted by Gasteiger charge is -2.10. The van der Waals surface area contributed by atoms with Gasteiger partial charge in [0.25, 0.3) is 5.56 Å². The maximum atomic E-state index is 12.8. The summed E-state index contributed by atoms with van der Waals surface area (Å²) in [7, 11) is 0. The molecule has 4 aromatic rings. The average molecular weight is 413 g/mol. The molecule has 0 aliphatic carbocycles. The minimum atomic E-state index is 0.0297. The first-order chi connectivity index (χ1) is 13.7. The van der Waals surface area contributed by atoms with E-state index in [4.69, 9.17) is 4.52 Å². The number of fused-ring (bicyclic) bond motifs is 1. The van der Waals surface area contributed by atoms with Crippen LogP contribution in [-0.4, -0.2) is 19.7 Å². The maximum Gasteiger partial charge on any atom is 0.272 e. The Bertz CT molecular complexity index is 1160. The number of hydrogen-bond donors (Lipinski definition) is 0. The first-order valence-electron chi connectivity index (χ1n) is 9.16. The van der Waals surface area contributed by atoms with Gasteiger partial charge in [0.2, 0.25) is 11.7 Å². The van der Waals surface area contributed by atoms with Crippen molar-refractivity contribution in [1.29, 1.82) is 0 Å². The molecule has 0 radical (unpaired) electrons. The van der Waals surface area contributed by atoms with Crippen molar-refractivity contribution in [3.8, 4) is 11.4 Å². The van der Waals surface area contributed by atoms with Gasteiger partial charge < -0.3 is 4.52 Å². The van der Waals surface area contributed by atoms with Crippen LogP contribution in [0.25, 0.3) is 21.6 Å². The molecular weight excluding hydrogens is 392 g/mol. The highest BCUT2D eigenvalue weighted by molar-refractivity contribution is 7.98. The minimum Gasteiger partial charge on any atom is -0.338 e. The van der Waals surface area contributed by atoms with E-state index in [1.54, 1.807) is 4.57 Å². The number of unbranched alkanes of at least 4 members (excludes halogenated alkanes) is 1. The summed E-state index contributed by atoms with van der Waals surface area (Å²) in [6.07, 6.45) is 1.95. The number of thiophene rings is 1. The van der Waals surface area contributed by atoms with Crippen LogP contribution in [0, 0.1) is 6.92 Å². The third-order valence-corrected chi connectivity index (χ3v) is 6.30. The molecule has 0 saturated carbocycles. The number of nitrogens with zero attached hydrogens (tertiary/aromatic N) is 4. The topological polar surface area (TPSA) is 73.8 Å². The Labute approximate surface area is 170 Å². The summed E-state index contributed by atoms with van der Waals surface area (Å²) in [5.74, 6) is 1.57. The molecule has 0 unspecified atom stereocenters. The molecule has 0 spiro atoms. The van der Waals surface area contributed by atoms with E-state index in [2.05, 4.69) is 22.0 Å². The van der Waals surface area contributed by atoms with Gasteiger partial charge in [0.1, 0.15) is 4.70 Å². The highest BCUT2D eigenvalue weighted by Crippen LogP contribution is 2.25. The van der Waals surface area contributed by atoms with E-state index in [-0.39, 0.29) is 5.56 Å². The molecule has 0 aliphatic rings. The van der Waals surface area contributed by atoms with Crippen molar-refractivity contribution in [2.45, 2.75) is 44.1 Å². The molecular formula is C20H20N4O2S2. The normalized spacial score (nSPS) is 11.4. The molecule has 0 amide bonds. The van der Waals surface area contributed by atoms with Crippen LogP contribution in [0.5, 0.6) is 0 Å².